The molecule has 2 aromatic heterocycles. The Kier molecular flexibility index (Phi) is 5.79. The van der Waals surface area contributed by atoms with Gasteiger partial charge < -0.3 is 15.1 Å². The second kappa shape index (κ2) is 8.44. The van der Waals surface area contributed by atoms with Crippen LogP contribution in [0.15, 0.2) is 41.3 Å². The molecule has 2 aromatic rings. The predicted octanol–water partition coefficient (Wildman–Crippen LogP) is 1.82. The van der Waals surface area contributed by atoms with E-state index >= 15 is 0 Å². The fourth-order valence-corrected chi connectivity index (χ4v) is 2.92. The maximum atomic E-state index is 12.1. The van der Waals surface area contributed by atoms with E-state index in [4.69, 9.17) is 4.42 Å². The highest BCUT2D eigenvalue weighted by Crippen LogP contribution is 2.24. The van der Waals surface area contributed by atoms with Crippen LogP contribution in [-0.2, 0) is 4.79 Å². The summed E-state index contributed by atoms with van der Waals surface area (Å²) in [4.78, 5) is 22.6. The summed E-state index contributed by atoms with van der Waals surface area (Å²) in [6, 6.07) is 5.73. The third-order valence-corrected chi connectivity index (χ3v) is 4.15. The molecule has 7 nitrogen and oxygen atoms in total. The summed E-state index contributed by atoms with van der Waals surface area (Å²) in [5.74, 6) is 1.46. The molecule has 0 bridgehead atoms. The maximum Gasteiger partial charge on any atom is 0.222 e. The molecule has 3 rings (SSSR count). The van der Waals surface area contributed by atoms with Crippen LogP contribution >= 0.6 is 0 Å². The minimum absolute atomic E-state index is 0.00850. The summed E-state index contributed by atoms with van der Waals surface area (Å²) in [6.07, 6.45) is 7.80. The molecule has 1 aliphatic rings. The molecular formula is C17H23N5O2. The standard InChI is InChI=1S/C17H23N5O2/c23-16(6-9-20-17-18-7-4-8-19-17)21-13-14(15-5-3-12-24-15)22-10-1-2-11-22/h3-5,7-8,12,14H,1-2,6,9-11,13H2,(H,21,23)(H,18,19,20)/t14-/m0/s1. The second-order valence-electron chi connectivity index (χ2n) is 5.83. The van der Waals surface area contributed by atoms with Crippen molar-refractivity contribution < 1.29 is 9.21 Å². The normalized spacial score (nSPS) is 16.0. The molecule has 1 saturated heterocycles. The first-order valence-corrected chi connectivity index (χ1v) is 8.38. The van der Waals surface area contributed by atoms with Crippen LogP contribution in [-0.4, -0.2) is 47.0 Å². The van der Waals surface area contributed by atoms with Crippen LogP contribution in [0, 0.1) is 0 Å². The van der Waals surface area contributed by atoms with Gasteiger partial charge in [0.05, 0.1) is 12.3 Å². The van der Waals surface area contributed by atoms with E-state index in [0.717, 1.165) is 18.8 Å². The van der Waals surface area contributed by atoms with Gasteiger partial charge >= 0.3 is 0 Å². The molecule has 0 aliphatic carbocycles. The zero-order valence-electron chi connectivity index (χ0n) is 13.6. The zero-order valence-corrected chi connectivity index (χ0v) is 13.6. The average molecular weight is 329 g/mol. The summed E-state index contributed by atoms with van der Waals surface area (Å²) >= 11 is 0. The van der Waals surface area contributed by atoms with Crippen LogP contribution in [0.4, 0.5) is 5.95 Å². The largest absolute Gasteiger partial charge is 0.468 e. The van der Waals surface area contributed by atoms with Gasteiger partial charge in [0.1, 0.15) is 5.76 Å². The second-order valence-corrected chi connectivity index (χ2v) is 5.83. The Labute approximate surface area is 141 Å². The van der Waals surface area contributed by atoms with E-state index in [0.29, 0.717) is 25.5 Å². The lowest BCUT2D eigenvalue weighted by Crippen LogP contribution is -2.37. The summed E-state index contributed by atoms with van der Waals surface area (Å²) < 4.78 is 5.56. The van der Waals surface area contributed by atoms with Crippen LogP contribution in [0.1, 0.15) is 31.1 Å². The minimum Gasteiger partial charge on any atom is -0.468 e. The van der Waals surface area contributed by atoms with Gasteiger partial charge in [0.25, 0.3) is 0 Å². The van der Waals surface area contributed by atoms with E-state index in [1.54, 1.807) is 24.7 Å². The Hall–Kier alpha value is -2.41. The van der Waals surface area contributed by atoms with Crippen molar-refractivity contribution >= 4 is 11.9 Å². The predicted molar refractivity (Wildman–Crippen MR) is 90.4 cm³/mol. The molecule has 1 amide bonds. The Bertz CT molecular complexity index is 611. The van der Waals surface area contributed by atoms with Gasteiger partial charge in [0.2, 0.25) is 11.9 Å². The third-order valence-electron chi connectivity index (χ3n) is 4.15. The summed E-state index contributed by atoms with van der Waals surface area (Å²) in [7, 11) is 0. The van der Waals surface area contributed by atoms with Gasteiger partial charge in [-0.15, -0.1) is 0 Å². The summed E-state index contributed by atoms with van der Waals surface area (Å²) in [5.41, 5.74) is 0. The molecule has 0 radical (unpaired) electrons. The van der Waals surface area contributed by atoms with Gasteiger partial charge in [-0.25, -0.2) is 9.97 Å². The number of anilines is 1. The number of carbonyl (C=O) groups excluding carboxylic acids is 1. The highest BCUT2D eigenvalue weighted by atomic mass is 16.3. The Balaban J connectivity index is 1.44. The van der Waals surface area contributed by atoms with Crippen LogP contribution in [0.25, 0.3) is 0 Å². The van der Waals surface area contributed by atoms with Crippen LogP contribution in [0.3, 0.4) is 0 Å². The molecule has 1 aliphatic heterocycles. The lowest BCUT2D eigenvalue weighted by atomic mass is 10.2. The molecule has 0 spiro atoms. The van der Waals surface area contributed by atoms with Crippen molar-refractivity contribution in [1.29, 1.82) is 0 Å². The monoisotopic (exact) mass is 329 g/mol. The van der Waals surface area contributed by atoms with Gasteiger partial charge in [-0.2, -0.15) is 0 Å². The van der Waals surface area contributed by atoms with Crippen LogP contribution in [0.2, 0.25) is 0 Å². The number of nitrogens with zero attached hydrogens (tertiary/aromatic N) is 3. The van der Waals surface area contributed by atoms with E-state index in [9.17, 15) is 4.79 Å². The Morgan fingerprint density at radius 1 is 1.25 bits per heavy atom. The number of amides is 1. The van der Waals surface area contributed by atoms with Crippen molar-refractivity contribution in [3.8, 4) is 0 Å². The minimum atomic E-state index is 0.00850. The van der Waals surface area contributed by atoms with Crippen molar-refractivity contribution in [2.45, 2.75) is 25.3 Å². The molecule has 2 N–H and O–H groups in total. The topological polar surface area (TPSA) is 83.3 Å². The molecule has 0 aromatic carbocycles. The van der Waals surface area contributed by atoms with Crippen LogP contribution in [0.5, 0.6) is 0 Å². The molecule has 0 unspecified atom stereocenters. The number of hydrogen-bond acceptors (Lipinski definition) is 6. The Morgan fingerprint density at radius 3 is 2.75 bits per heavy atom. The number of furan rings is 1. The summed E-state index contributed by atoms with van der Waals surface area (Å²) in [5, 5.41) is 6.05. The first-order valence-electron chi connectivity index (χ1n) is 8.38. The molecule has 24 heavy (non-hydrogen) atoms. The molecular weight excluding hydrogens is 306 g/mol. The van der Waals surface area contributed by atoms with E-state index in [1.165, 1.54) is 12.8 Å². The van der Waals surface area contributed by atoms with Gasteiger partial charge in [-0.1, -0.05) is 0 Å². The SMILES string of the molecule is O=C(CCNc1ncccn1)NC[C@@H](c1ccco1)N1CCCC1. The van der Waals surface area contributed by atoms with E-state index < -0.39 is 0 Å². The molecule has 0 saturated carbocycles. The fraction of sp³-hybridized carbons (Fsp3) is 0.471. The first kappa shape index (κ1) is 16.4. The highest BCUT2D eigenvalue weighted by molar-refractivity contribution is 5.76. The fourth-order valence-electron chi connectivity index (χ4n) is 2.92. The smallest absolute Gasteiger partial charge is 0.222 e. The van der Waals surface area contributed by atoms with Crippen molar-refractivity contribution in [2.75, 3.05) is 31.5 Å². The molecule has 1 fully saturated rings. The number of rotatable bonds is 8. The number of hydrogen-bond donors (Lipinski definition) is 2. The number of nitrogens with one attached hydrogen (secondary N) is 2. The molecule has 128 valence electrons. The number of aromatic nitrogens is 2. The van der Waals surface area contributed by atoms with E-state index in [-0.39, 0.29) is 11.9 Å². The van der Waals surface area contributed by atoms with Gasteiger partial charge in [-0.3, -0.25) is 9.69 Å². The number of carbonyl (C=O) groups is 1. The lowest BCUT2D eigenvalue weighted by molar-refractivity contribution is -0.121. The van der Waals surface area contributed by atoms with Gasteiger partial charge in [0.15, 0.2) is 0 Å². The maximum absolute atomic E-state index is 12.1. The van der Waals surface area contributed by atoms with Crippen molar-refractivity contribution in [3.05, 3.63) is 42.6 Å². The van der Waals surface area contributed by atoms with Gasteiger partial charge in [0, 0.05) is 31.9 Å². The third kappa shape index (κ3) is 4.55. The average Bonchev–Trinajstić information content (AvgIpc) is 3.30. The van der Waals surface area contributed by atoms with Crippen LogP contribution < -0.4 is 10.6 Å². The molecule has 1 atom stereocenters. The quantitative estimate of drug-likeness (QED) is 0.769. The zero-order chi connectivity index (χ0) is 16.6. The highest BCUT2D eigenvalue weighted by Gasteiger charge is 2.25. The first-order chi connectivity index (χ1) is 11.8. The lowest BCUT2D eigenvalue weighted by Gasteiger charge is -2.26. The molecule has 3 heterocycles. The van der Waals surface area contributed by atoms with E-state index in [2.05, 4.69) is 25.5 Å². The van der Waals surface area contributed by atoms with E-state index in [1.807, 2.05) is 12.1 Å². The number of likely N-dealkylation sites (tertiary alicyclic amines) is 1. The van der Waals surface area contributed by atoms with Crippen molar-refractivity contribution in [3.63, 3.8) is 0 Å². The molecule has 7 heteroatoms. The van der Waals surface area contributed by atoms with Gasteiger partial charge in [-0.05, 0) is 44.1 Å². The summed E-state index contributed by atoms with van der Waals surface area (Å²) in [6.45, 7) is 3.17. The van der Waals surface area contributed by atoms with Crippen molar-refractivity contribution in [1.82, 2.24) is 20.2 Å². The Morgan fingerprint density at radius 2 is 2.04 bits per heavy atom. The van der Waals surface area contributed by atoms with Crippen molar-refractivity contribution in [2.24, 2.45) is 0 Å².